The molecule has 1 aliphatic heterocycles. The normalized spacial score (nSPS) is 39.3. The van der Waals surface area contributed by atoms with Crippen LogP contribution < -0.4 is 26.5 Å². The standard InChI is InChI=1S/C13H23INO2/c1-5-15-11(16)17-10-6-9-7-14-8-13(10,4)12(9,2)3/h9-10H,5-8H2,1-4H3,(H,15,16)/q-1. The number of rotatable bonds is 2. The number of halogens is 1. The molecular formula is C13H23INO2-. The number of carbonyl (C=O) groups is 1. The molecule has 1 aliphatic carbocycles. The summed E-state index contributed by atoms with van der Waals surface area (Å²) in [5.74, 6) is 0.758. The molecule has 3 unspecified atom stereocenters. The zero-order chi connectivity index (χ0) is 12.7. The predicted molar refractivity (Wildman–Crippen MR) is 63.7 cm³/mol. The summed E-state index contributed by atoms with van der Waals surface area (Å²) in [4.78, 5) is 11.6. The van der Waals surface area contributed by atoms with Gasteiger partial charge in [-0.25, -0.2) is 0 Å². The first-order valence-electron chi connectivity index (χ1n) is 6.39. The minimum absolute atomic E-state index is 0.122. The van der Waals surface area contributed by atoms with Crippen LogP contribution in [0.5, 0.6) is 0 Å². The maximum absolute atomic E-state index is 11.6. The number of alkyl halides is 2. The van der Waals surface area contributed by atoms with Crippen molar-refractivity contribution in [1.29, 1.82) is 0 Å². The van der Waals surface area contributed by atoms with E-state index in [-0.39, 0.29) is 17.6 Å². The van der Waals surface area contributed by atoms with Crippen molar-refractivity contribution in [3.8, 4) is 0 Å². The first-order valence-corrected chi connectivity index (χ1v) is 9.45. The Hall–Kier alpha value is 0. The molecule has 0 spiro atoms. The van der Waals surface area contributed by atoms with E-state index < -0.39 is 0 Å². The van der Waals surface area contributed by atoms with Gasteiger partial charge in [-0.15, -0.1) is 0 Å². The molecular weight excluding hydrogens is 329 g/mol. The number of alkyl carbamates (subject to hydrolysis) is 1. The molecule has 2 bridgehead atoms. The number of nitrogens with one attached hydrogen (secondary N) is 1. The third-order valence-electron chi connectivity index (χ3n) is 4.94. The van der Waals surface area contributed by atoms with Crippen molar-refractivity contribution < 1.29 is 30.7 Å². The molecule has 1 saturated carbocycles. The topological polar surface area (TPSA) is 38.3 Å². The van der Waals surface area contributed by atoms with E-state index in [0.717, 1.165) is 12.3 Å². The molecule has 1 N–H and O–H groups in total. The van der Waals surface area contributed by atoms with Crippen molar-refractivity contribution in [1.82, 2.24) is 5.32 Å². The molecule has 4 heteroatoms. The fraction of sp³-hybridized carbons (Fsp3) is 0.923. The van der Waals surface area contributed by atoms with E-state index in [1.807, 2.05) is 6.92 Å². The van der Waals surface area contributed by atoms with Gasteiger partial charge in [-0.05, 0) is 0 Å². The molecule has 0 aromatic heterocycles. The molecule has 2 rings (SSSR count). The monoisotopic (exact) mass is 352 g/mol. The summed E-state index contributed by atoms with van der Waals surface area (Å²) >= 11 is 0.315. The summed E-state index contributed by atoms with van der Waals surface area (Å²) in [6.07, 6.45) is 0.955. The Morgan fingerprint density at radius 2 is 2.18 bits per heavy atom. The summed E-state index contributed by atoms with van der Waals surface area (Å²) in [5.41, 5.74) is 0.524. The third kappa shape index (κ3) is 2.06. The van der Waals surface area contributed by atoms with Crippen LogP contribution in [0, 0.1) is 16.7 Å². The van der Waals surface area contributed by atoms with E-state index in [2.05, 4.69) is 26.1 Å². The summed E-state index contributed by atoms with van der Waals surface area (Å²) < 4.78 is 8.36. The second kappa shape index (κ2) is 4.59. The van der Waals surface area contributed by atoms with Crippen LogP contribution in [0.25, 0.3) is 0 Å². The van der Waals surface area contributed by atoms with Gasteiger partial charge in [0.15, 0.2) is 0 Å². The van der Waals surface area contributed by atoms with Crippen molar-refractivity contribution in [3.05, 3.63) is 0 Å². The molecule has 3 atom stereocenters. The fourth-order valence-electron chi connectivity index (χ4n) is 3.08. The van der Waals surface area contributed by atoms with E-state index >= 15 is 0 Å². The Morgan fingerprint density at radius 3 is 2.76 bits per heavy atom. The first kappa shape index (κ1) is 13.4. The summed E-state index contributed by atoms with van der Waals surface area (Å²) in [7, 11) is 0. The van der Waals surface area contributed by atoms with E-state index in [4.69, 9.17) is 4.74 Å². The van der Waals surface area contributed by atoms with Crippen LogP contribution in [0.1, 0.15) is 34.1 Å². The van der Waals surface area contributed by atoms with Gasteiger partial charge in [0.1, 0.15) is 0 Å². The van der Waals surface area contributed by atoms with Gasteiger partial charge in [-0.2, -0.15) is 0 Å². The fourth-order valence-corrected chi connectivity index (χ4v) is 8.20. The Balaban J connectivity index is 2.12. The van der Waals surface area contributed by atoms with Crippen LogP contribution in [-0.2, 0) is 4.74 Å². The SMILES string of the molecule is CCNC(=O)OC1CC2C[I-]CC1(C)C2(C)C. The van der Waals surface area contributed by atoms with Gasteiger partial charge in [-0.3, -0.25) is 0 Å². The average Bonchev–Trinajstić information content (AvgIpc) is 2.39. The van der Waals surface area contributed by atoms with E-state index in [1.165, 1.54) is 8.86 Å². The van der Waals surface area contributed by atoms with Gasteiger partial charge in [0.05, 0.1) is 0 Å². The van der Waals surface area contributed by atoms with Crippen molar-refractivity contribution in [2.75, 3.05) is 15.4 Å². The molecule has 3 nitrogen and oxygen atoms in total. The molecule has 0 aromatic carbocycles. The van der Waals surface area contributed by atoms with Gasteiger partial charge in [-0.1, -0.05) is 0 Å². The quantitative estimate of drug-likeness (QED) is 0.525. The second-order valence-electron chi connectivity index (χ2n) is 5.97. The van der Waals surface area contributed by atoms with E-state index in [1.54, 1.807) is 0 Å². The summed E-state index contributed by atoms with van der Waals surface area (Å²) in [5, 5.41) is 2.74. The molecule has 1 heterocycles. The van der Waals surface area contributed by atoms with Crippen LogP contribution >= 0.6 is 0 Å². The zero-order valence-electron chi connectivity index (χ0n) is 11.2. The van der Waals surface area contributed by atoms with Crippen molar-refractivity contribution in [3.63, 3.8) is 0 Å². The van der Waals surface area contributed by atoms with E-state index in [0.29, 0.717) is 33.2 Å². The van der Waals surface area contributed by atoms with Gasteiger partial charge in [0.25, 0.3) is 0 Å². The van der Waals surface area contributed by atoms with E-state index in [9.17, 15) is 4.79 Å². The zero-order valence-corrected chi connectivity index (χ0v) is 13.3. The molecule has 0 aromatic rings. The van der Waals surface area contributed by atoms with Gasteiger partial charge < -0.3 is 0 Å². The average molecular weight is 352 g/mol. The number of carbonyl (C=O) groups excluding carboxylic acids is 1. The van der Waals surface area contributed by atoms with Crippen LogP contribution in [0.15, 0.2) is 0 Å². The van der Waals surface area contributed by atoms with Gasteiger partial charge >= 0.3 is 115 Å². The van der Waals surface area contributed by atoms with Gasteiger partial charge in [0.2, 0.25) is 0 Å². The Bertz CT molecular complexity index is 319. The molecule has 2 aliphatic rings. The van der Waals surface area contributed by atoms with Crippen molar-refractivity contribution >= 4 is 6.09 Å². The van der Waals surface area contributed by atoms with Crippen LogP contribution in [0.3, 0.4) is 0 Å². The molecule has 1 amide bonds. The number of fused-ring (bicyclic) bond motifs is 2. The molecule has 17 heavy (non-hydrogen) atoms. The third-order valence-corrected chi connectivity index (χ3v) is 8.75. The Morgan fingerprint density at radius 1 is 1.47 bits per heavy atom. The molecule has 2 fully saturated rings. The maximum atomic E-state index is 11.6. The first-order chi connectivity index (χ1) is 7.91. The predicted octanol–water partition coefficient (Wildman–Crippen LogP) is -0.744. The van der Waals surface area contributed by atoms with Crippen molar-refractivity contribution in [2.24, 2.45) is 16.7 Å². The number of hydrogen-bond donors (Lipinski definition) is 1. The van der Waals surface area contributed by atoms with Gasteiger partial charge in [0, 0.05) is 0 Å². The summed E-state index contributed by atoms with van der Waals surface area (Å²) in [6.45, 7) is 9.62. The molecule has 1 saturated heterocycles. The summed E-state index contributed by atoms with van der Waals surface area (Å²) in [6, 6.07) is 0. The number of ether oxygens (including phenoxy) is 1. The van der Waals surface area contributed by atoms with Crippen LogP contribution in [0.2, 0.25) is 0 Å². The molecule has 100 valence electrons. The second-order valence-corrected chi connectivity index (χ2v) is 8.70. The van der Waals surface area contributed by atoms with Crippen molar-refractivity contribution in [2.45, 2.75) is 40.2 Å². The van der Waals surface area contributed by atoms with Crippen LogP contribution in [0.4, 0.5) is 4.79 Å². The Labute approximate surface area is 114 Å². The minimum atomic E-state index is -0.236. The molecule has 0 radical (unpaired) electrons. The Kier molecular flexibility index (Phi) is 3.63. The number of hydrogen-bond acceptors (Lipinski definition) is 2. The number of amides is 1. The van der Waals surface area contributed by atoms with Crippen LogP contribution in [-0.4, -0.2) is 27.6 Å².